The Balaban J connectivity index is 1.47. The average molecular weight is 392 g/mol. The normalized spacial score (nSPS) is 14.8. The van der Waals surface area contributed by atoms with E-state index in [1.54, 1.807) is 0 Å². The van der Waals surface area contributed by atoms with Crippen LogP contribution in [0.25, 0.3) is 11.0 Å². The van der Waals surface area contributed by atoms with E-state index in [1.165, 1.54) is 0 Å². The summed E-state index contributed by atoms with van der Waals surface area (Å²) in [6, 6.07) is 13.6. The first kappa shape index (κ1) is 19.5. The fourth-order valence-electron chi connectivity index (χ4n) is 4.01. The van der Waals surface area contributed by atoms with Crippen LogP contribution in [-0.2, 0) is 0 Å². The number of benzene rings is 2. The molecule has 0 spiro atoms. The number of anilines is 2. The van der Waals surface area contributed by atoms with Gasteiger partial charge in [-0.3, -0.25) is 4.79 Å². The van der Waals surface area contributed by atoms with E-state index in [-0.39, 0.29) is 5.91 Å². The first-order valence-electron chi connectivity index (χ1n) is 10.5. The van der Waals surface area contributed by atoms with Gasteiger partial charge in [-0.25, -0.2) is 4.98 Å². The number of aromatic amines is 1. The van der Waals surface area contributed by atoms with Gasteiger partial charge in [-0.2, -0.15) is 0 Å². The van der Waals surface area contributed by atoms with Crippen molar-refractivity contribution in [1.29, 1.82) is 0 Å². The number of carbonyl (C=O) groups is 1. The zero-order valence-corrected chi connectivity index (χ0v) is 17.2. The summed E-state index contributed by atoms with van der Waals surface area (Å²) in [6.45, 7) is 8.24. The maximum atomic E-state index is 12.7. The number of H-pyrrole nitrogens is 1. The van der Waals surface area contributed by atoms with E-state index >= 15 is 0 Å². The molecule has 0 radical (unpaired) electrons. The molecule has 2 heterocycles. The summed E-state index contributed by atoms with van der Waals surface area (Å²) in [5.74, 6) is 1.43. The highest BCUT2D eigenvalue weighted by atomic mass is 16.1. The van der Waals surface area contributed by atoms with Crippen molar-refractivity contribution in [2.24, 2.45) is 0 Å². The second-order valence-electron chi connectivity index (χ2n) is 7.55. The summed E-state index contributed by atoms with van der Waals surface area (Å²) in [6.07, 6.45) is 2.21. The summed E-state index contributed by atoms with van der Waals surface area (Å²) in [7, 11) is 0. The predicted octanol–water partition coefficient (Wildman–Crippen LogP) is 4.13. The van der Waals surface area contributed by atoms with Crippen LogP contribution < -0.4 is 15.5 Å². The molecule has 0 atom stereocenters. The monoisotopic (exact) mass is 391 g/mol. The highest BCUT2D eigenvalue weighted by Crippen LogP contribution is 2.26. The van der Waals surface area contributed by atoms with Crippen LogP contribution in [0.3, 0.4) is 0 Å². The SMILES string of the molecule is CCN(CC)c1ccc(C(=O)Nc2ccc3nc(C4CCNCC4)[nH]c3c2)cc1. The van der Waals surface area contributed by atoms with Gasteiger partial charge in [-0.1, -0.05) is 0 Å². The summed E-state index contributed by atoms with van der Waals surface area (Å²) in [4.78, 5) is 23.1. The fourth-order valence-corrected chi connectivity index (χ4v) is 4.01. The highest BCUT2D eigenvalue weighted by Gasteiger charge is 2.18. The van der Waals surface area contributed by atoms with Gasteiger partial charge in [0.1, 0.15) is 5.82 Å². The zero-order chi connectivity index (χ0) is 20.2. The molecule has 3 N–H and O–H groups in total. The Bertz CT molecular complexity index is 969. The molecule has 0 aliphatic carbocycles. The number of fused-ring (bicyclic) bond motifs is 1. The summed E-state index contributed by atoms with van der Waals surface area (Å²) in [5.41, 5.74) is 4.47. The number of rotatable bonds is 6. The molecule has 3 aromatic rings. The van der Waals surface area contributed by atoms with Gasteiger partial charge in [0.05, 0.1) is 11.0 Å². The molecule has 29 heavy (non-hydrogen) atoms. The molecule has 1 saturated heterocycles. The lowest BCUT2D eigenvalue weighted by Gasteiger charge is -2.21. The molecule has 1 aromatic heterocycles. The third kappa shape index (κ3) is 4.27. The molecule has 6 nitrogen and oxygen atoms in total. The molecule has 1 amide bonds. The Kier molecular flexibility index (Phi) is 5.81. The van der Waals surface area contributed by atoms with Gasteiger partial charge in [0.2, 0.25) is 0 Å². The lowest BCUT2D eigenvalue weighted by molar-refractivity contribution is 0.102. The molecule has 6 heteroatoms. The van der Waals surface area contributed by atoms with E-state index in [0.717, 1.165) is 67.3 Å². The van der Waals surface area contributed by atoms with Gasteiger partial charge in [0.25, 0.3) is 5.91 Å². The number of aromatic nitrogens is 2. The molecule has 1 aliphatic rings. The van der Waals surface area contributed by atoms with Crippen LogP contribution in [0.15, 0.2) is 42.5 Å². The van der Waals surface area contributed by atoms with Gasteiger partial charge < -0.3 is 20.5 Å². The molecule has 152 valence electrons. The molecule has 2 aromatic carbocycles. The topological polar surface area (TPSA) is 73.1 Å². The Morgan fingerprint density at radius 1 is 1.10 bits per heavy atom. The van der Waals surface area contributed by atoms with Crippen molar-refractivity contribution < 1.29 is 4.79 Å². The molecule has 1 fully saturated rings. The zero-order valence-electron chi connectivity index (χ0n) is 17.2. The van der Waals surface area contributed by atoms with Crippen molar-refractivity contribution in [2.75, 3.05) is 36.4 Å². The van der Waals surface area contributed by atoms with Gasteiger partial charge in [0.15, 0.2) is 0 Å². The first-order chi connectivity index (χ1) is 14.2. The number of hydrogen-bond acceptors (Lipinski definition) is 4. The number of imidazole rings is 1. The molecular formula is C23H29N5O. The largest absolute Gasteiger partial charge is 0.372 e. The van der Waals surface area contributed by atoms with Crippen molar-refractivity contribution in [1.82, 2.24) is 15.3 Å². The number of nitrogens with one attached hydrogen (secondary N) is 3. The number of nitrogens with zero attached hydrogens (tertiary/aromatic N) is 2. The van der Waals surface area contributed by atoms with E-state index in [1.807, 2.05) is 42.5 Å². The molecule has 4 rings (SSSR count). The second-order valence-corrected chi connectivity index (χ2v) is 7.55. The minimum atomic E-state index is -0.103. The molecule has 1 aliphatic heterocycles. The van der Waals surface area contributed by atoms with E-state index in [4.69, 9.17) is 4.98 Å². The van der Waals surface area contributed by atoms with Gasteiger partial charge in [-0.15, -0.1) is 0 Å². The maximum absolute atomic E-state index is 12.7. The Labute approximate surface area is 171 Å². The number of piperidine rings is 1. The lowest BCUT2D eigenvalue weighted by Crippen LogP contribution is -2.27. The van der Waals surface area contributed by atoms with Crippen molar-refractivity contribution in [2.45, 2.75) is 32.6 Å². The van der Waals surface area contributed by atoms with Gasteiger partial charge in [-0.05, 0) is 82.2 Å². The standard InChI is InChI=1S/C23H29N5O/c1-3-28(4-2)19-8-5-17(6-9-19)23(29)25-18-7-10-20-21(15-18)27-22(26-20)16-11-13-24-14-12-16/h5-10,15-16,24H,3-4,11-14H2,1-2H3,(H,25,29)(H,26,27). The van der Waals surface area contributed by atoms with Gasteiger partial charge >= 0.3 is 0 Å². The quantitative estimate of drug-likeness (QED) is 0.591. The maximum Gasteiger partial charge on any atom is 0.255 e. The van der Waals surface area contributed by atoms with E-state index in [9.17, 15) is 4.79 Å². The molecular weight excluding hydrogens is 362 g/mol. The smallest absolute Gasteiger partial charge is 0.255 e. The second kappa shape index (κ2) is 8.66. The average Bonchev–Trinajstić information content (AvgIpc) is 3.19. The predicted molar refractivity (Wildman–Crippen MR) is 119 cm³/mol. The van der Waals surface area contributed by atoms with E-state index in [0.29, 0.717) is 11.5 Å². The third-order valence-electron chi connectivity index (χ3n) is 5.74. The van der Waals surface area contributed by atoms with Crippen LogP contribution in [0.1, 0.15) is 48.8 Å². The van der Waals surface area contributed by atoms with E-state index in [2.05, 4.69) is 34.4 Å². The van der Waals surface area contributed by atoms with E-state index < -0.39 is 0 Å². The summed E-state index contributed by atoms with van der Waals surface area (Å²) in [5, 5.41) is 6.39. The van der Waals surface area contributed by atoms with Crippen LogP contribution in [0.2, 0.25) is 0 Å². The fraction of sp³-hybridized carbons (Fsp3) is 0.391. The number of hydrogen-bond donors (Lipinski definition) is 3. The Morgan fingerprint density at radius 3 is 2.52 bits per heavy atom. The Morgan fingerprint density at radius 2 is 1.83 bits per heavy atom. The highest BCUT2D eigenvalue weighted by molar-refractivity contribution is 6.05. The van der Waals surface area contributed by atoms with Crippen LogP contribution in [-0.4, -0.2) is 42.1 Å². The Hall–Kier alpha value is -2.86. The van der Waals surface area contributed by atoms with Gasteiger partial charge in [0, 0.05) is 35.9 Å². The van der Waals surface area contributed by atoms with Crippen molar-refractivity contribution in [3.63, 3.8) is 0 Å². The van der Waals surface area contributed by atoms with Crippen LogP contribution in [0, 0.1) is 0 Å². The molecule has 0 unspecified atom stereocenters. The number of carbonyl (C=O) groups excluding carboxylic acids is 1. The minimum Gasteiger partial charge on any atom is -0.372 e. The first-order valence-corrected chi connectivity index (χ1v) is 10.5. The molecule has 0 bridgehead atoms. The van der Waals surface area contributed by atoms with Crippen LogP contribution in [0.5, 0.6) is 0 Å². The van der Waals surface area contributed by atoms with Crippen molar-refractivity contribution in [3.8, 4) is 0 Å². The van der Waals surface area contributed by atoms with Crippen LogP contribution >= 0.6 is 0 Å². The minimum absolute atomic E-state index is 0.103. The summed E-state index contributed by atoms with van der Waals surface area (Å²) < 4.78 is 0. The molecule has 0 saturated carbocycles. The summed E-state index contributed by atoms with van der Waals surface area (Å²) >= 11 is 0. The number of amides is 1. The lowest BCUT2D eigenvalue weighted by atomic mass is 9.98. The van der Waals surface area contributed by atoms with Crippen molar-refractivity contribution >= 4 is 28.3 Å². The van der Waals surface area contributed by atoms with Crippen molar-refractivity contribution in [3.05, 3.63) is 53.9 Å². The van der Waals surface area contributed by atoms with Crippen LogP contribution in [0.4, 0.5) is 11.4 Å². The third-order valence-corrected chi connectivity index (χ3v) is 5.74.